The molecule has 3 rings (SSSR count). The third kappa shape index (κ3) is 3.52. The Bertz CT molecular complexity index is 949. The summed E-state index contributed by atoms with van der Waals surface area (Å²) in [7, 11) is 0.452. The number of aryl methyl sites for hydroxylation is 1. The summed E-state index contributed by atoms with van der Waals surface area (Å²) in [6.45, 7) is 4.00. The normalized spacial score (nSPS) is 11.7. The van der Waals surface area contributed by atoms with Gasteiger partial charge in [0.05, 0.1) is 27.1 Å². The molecule has 0 spiro atoms. The fourth-order valence-corrected chi connectivity index (χ4v) is 3.15. The van der Waals surface area contributed by atoms with Gasteiger partial charge in [-0.25, -0.2) is 4.98 Å². The number of hydrogen-bond acceptors (Lipinski definition) is 4. The molecule has 0 amide bonds. The van der Waals surface area contributed by atoms with Crippen LogP contribution in [0, 0.1) is 0 Å². The van der Waals surface area contributed by atoms with Gasteiger partial charge in [0.2, 0.25) is 0 Å². The lowest BCUT2D eigenvalue weighted by molar-refractivity contribution is 0.687. The number of nitrogens with zero attached hydrogens (tertiary/aromatic N) is 2. The van der Waals surface area contributed by atoms with Crippen molar-refractivity contribution in [1.82, 2.24) is 14.8 Å². The van der Waals surface area contributed by atoms with Gasteiger partial charge in [-0.2, -0.15) is 0 Å². The van der Waals surface area contributed by atoms with Crippen LogP contribution < -0.4 is 10.9 Å². The zero-order valence-corrected chi connectivity index (χ0v) is 15.5. The number of H-pyrrole nitrogens is 1. The molecule has 0 radical (unpaired) electrons. The van der Waals surface area contributed by atoms with Crippen LogP contribution in [0.15, 0.2) is 40.0 Å². The highest BCUT2D eigenvalue weighted by Gasteiger charge is 2.14. The molecule has 8 heteroatoms. The molecule has 24 heavy (non-hydrogen) atoms. The van der Waals surface area contributed by atoms with Gasteiger partial charge in [0.1, 0.15) is 10.5 Å². The van der Waals surface area contributed by atoms with Crippen molar-refractivity contribution in [3.8, 4) is 0 Å². The molecule has 0 bridgehead atoms. The van der Waals surface area contributed by atoms with E-state index < -0.39 is 10.8 Å². The van der Waals surface area contributed by atoms with Crippen LogP contribution in [0.3, 0.4) is 0 Å². The van der Waals surface area contributed by atoms with Crippen LogP contribution >= 0.6 is 11.6 Å². The maximum atomic E-state index is 12.2. The SMILES string of the molecule is CC.Cn1[nH]c2nc(Cl)cc(Nc3ccccc3S(C)=O)c2c1=O. The molecular weight excluding hydrogens is 348 g/mol. The first kappa shape index (κ1) is 18.2. The molecule has 3 aromatic rings. The molecule has 1 atom stereocenters. The lowest BCUT2D eigenvalue weighted by Gasteiger charge is -2.11. The number of anilines is 2. The number of hydrogen-bond donors (Lipinski definition) is 2. The van der Waals surface area contributed by atoms with Crippen molar-refractivity contribution in [2.75, 3.05) is 11.6 Å². The quantitative estimate of drug-likeness (QED) is 0.696. The van der Waals surface area contributed by atoms with Gasteiger partial charge in [-0.05, 0) is 18.2 Å². The summed E-state index contributed by atoms with van der Waals surface area (Å²) in [5, 5.41) is 6.64. The first-order valence-electron chi connectivity index (χ1n) is 7.42. The van der Waals surface area contributed by atoms with Crippen LogP contribution in [0.4, 0.5) is 11.4 Å². The Hall–Kier alpha value is -2.12. The van der Waals surface area contributed by atoms with E-state index in [-0.39, 0.29) is 10.7 Å². The number of pyridine rings is 1. The van der Waals surface area contributed by atoms with Crippen LogP contribution in [-0.2, 0) is 17.8 Å². The molecule has 2 heterocycles. The van der Waals surface area contributed by atoms with Crippen LogP contribution in [-0.4, -0.2) is 25.2 Å². The van der Waals surface area contributed by atoms with Crippen molar-refractivity contribution in [3.63, 3.8) is 0 Å². The number of fused-ring (bicyclic) bond motifs is 1. The Labute approximate surface area is 147 Å². The molecule has 6 nitrogen and oxygen atoms in total. The molecule has 0 aliphatic heterocycles. The minimum Gasteiger partial charge on any atom is -0.354 e. The molecule has 1 aromatic carbocycles. The number of benzene rings is 1. The number of halogens is 1. The smallest absolute Gasteiger partial charge is 0.277 e. The highest BCUT2D eigenvalue weighted by atomic mass is 35.5. The topological polar surface area (TPSA) is 79.8 Å². The second-order valence-corrected chi connectivity index (χ2v) is 6.50. The van der Waals surface area contributed by atoms with E-state index in [0.29, 0.717) is 27.3 Å². The molecule has 0 saturated heterocycles. The first-order chi connectivity index (χ1) is 11.5. The molecule has 0 fully saturated rings. The summed E-state index contributed by atoms with van der Waals surface area (Å²) in [5.41, 5.74) is 1.37. The van der Waals surface area contributed by atoms with E-state index in [9.17, 15) is 9.00 Å². The predicted octanol–water partition coefficient (Wildman–Crippen LogP) is 3.42. The number of nitrogens with one attached hydrogen (secondary N) is 2. The summed E-state index contributed by atoms with van der Waals surface area (Å²) in [6, 6.07) is 8.79. The number of rotatable bonds is 3. The maximum Gasteiger partial charge on any atom is 0.277 e. The van der Waals surface area contributed by atoms with E-state index in [2.05, 4.69) is 15.4 Å². The molecule has 0 aliphatic rings. The van der Waals surface area contributed by atoms with Crippen molar-refractivity contribution >= 4 is 44.8 Å². The molecule has 2 N–H and O–H groups in total. The van der Waals surface area contributed by atoms with Crippen LogP contribution in [0.5, 0.6) is 0 Å². The highest BCUT2D eigenvalue weighted by molar-refractivity contribution is 7.84. The Morgan fingerprint density at radius 3 is 2.58 bits per heavy atom. The second kappa shape index (κ2) is 7.63. The zero-order valence-electron chi connectivity index (χ0n) is 13.9. The Morgan fingerprint density at radius 1 is 1.25 bits per heavy atom. The number of para-hydroxylation sites is 1. The first-order valence-corrected chi connectivity index (χ1v) is 9.35. The van der Waals surface area contributed by atoms with E-state index in [0.717, 1.165) is 0 Å². The van der Waals surface area contributed by atoms with Crippen molar-refractivity contribution in [2.24, 2.45) is 7.05 Å². The third-order valence-corrected chi connectivity index (χ3v) is 4.42. The van der Waals surface area contributed by atoms with Crippen LogP contribution in [0.1, 0.15) is 13.8 Å². The molecular formula is C16H19ClN4O2S. The van der Waals surface area contributed by atoms with E-state index in [1.807, 2.05) is 26.0 Å². The standard InChI is InChI=1S/C14H13ClN4O2S.C2H6/c1-19-14(20)12-9(7-11(15)17-13(12)18-19)16-8-5-3-4-6-10(8)22(2)21;1-2/h3-7H,1-2H3,(H2,16,17,18);1-2H3. The third-order valence-electron chi connectivity index (χ3n) is 3.25. The van der Waals surface area contributed by atoms with Gasteiger partial charge < -0.3 is 5.32 Å². The summed E-state index contributed by atoms with van der Waals surface area (Å²) in [5.74, 6) is 0. The average Bonchev–Trinajstić information content (AvgIpc) is 2.84. The molecule has 2 aromatic heterocycles. The van der Waals surface area contributed by atoms with Crippen LogP contribution in [0.2, 0.25) is 5.15 Å². The fourth-order valence-electron chi connectivity index (χ4n) is 2.25. The van der Waals surface area contributed by atoms with Crippen molar-refractivity contribution in [3.05, 3.63) is 45.8 Å². The predicted molar refractivity (Wildman–Crippen MR) is 99.7 cm³/mol. The number of aromatic nitrogens is 3. The molecule has 0 saturated carbocycles. The van der Waals surface area contributed by atoms with Crippen molar-refractivity contribution in [1.29, 1.82) is 0 Å². The van der Waals surface area contributed by atoms with E-state index in [4.69, 9.17) is 11.6 Å². The summed E-state index contributed by atoms with van der Waals surface area (Å²) < 4.78 is 13.2. The van der Waals surface area contributed by atoms with Gasteiger partial charge in [-0.3, -0.25) is 18.8 Å². The van der Waals surface area contributed by atoms with Crippen LogP contribution in [0.25, 0.3) is 11.0 Å². The Kier molecular flexibility index (Phi) is 5.80. The second-order valence-electron chi connectivity index (χ2n) is 4.77. The minimum atomic E-state index is -1.16. The fraction of sp³-hybridized carbons (Fsp3) is 0.250. The Morgan fingerprint density at radius 2 is 1.92 bits per heavy atom. The lowest BCUT2D eigenvalue weighted by Crippen LogP contribution is -2.12. The molecule has 1 unspecified atom stereocenters. The van der Waals surface area contributed by atoms with Gasteiger partial charge in [-0.15, -0.1) is 0 Å². The summed E-state index contributed by atoms with van der Waals surface area (Å²) in [4.78, 5) is 17.0. The van der Waals surface area contributed by atoms with Gasteiger partial charge in [0, 0.05) is 13.3 Å². The van der Waals surface area contributed by atoms with Gasteiger partial charge in [0.25, 0.3) is 5.56 Å². The Balaban J connectivity index is 0.00000100. The lowest BCUT2D eigenvalue weighted by atomic mass is 10.2. The summed E-state index contributed by atoms with van der Waals surface area (Å²) >= 11 is 6.01. The largest absolute Gasteiger partial charge is 0.354 e. The summed E-state index contributed by atoms with van der Waals surface area (Å²) in [6.07, 6.45) is 1.60. The van der Waals surface area contributed by atoms with Gasteiger partial charge >= 0.3 is 0 Å². The average molecular weight is 367 g/mol. The molecule has 128 valence electrons. The minimum absolute atomic E-state index is 0.211. The van der Waals surface area contributed by atoms with Crippen molar-refractivity contribution < 1.29 is 4.21 Å². The maximum absolute atomic E-state index is 12.2. The van der Waals surface area contributed by atoms with Crippen molar-refractivity contribution in [2.45, 2.75) is 18.7 Å². The number of aromatic amines is 1. The highest BCUT2D eigenvalue weighted by Crippen LogP contribution is 2.28. The molecule has 0 aliphatic carbocycles. The van der Waals surface area contributed by atoms with E-state index in [1.54, 1.807) is 31.5 Å². The monoisotopic (exact) mass is 366 g/mol. The zero-order chi connectivity index (χ0) is 17.9. The van der Waals surface area contributed by atoms with E-state index >= 15 is 0 Å². The van der Waals surface area contributed by atoms with Gasteiger partial charge in [0.15, 0.2) is 5.65 Å². The van der Waals surface area contributed by atoms with Gasteiger partial charge in [-0.1, -0.05) is 37.6 Å². The van der Waals surface area contributed by atoms with E-state index in [1.165, 1.54) is 4.68 Å².